The fourth-order valence-corrected chi connectivity index (χ4v) is 2.62. The van der Waals surface area contributed by atoms with Gasteiger partial charge in [0.25, 0.3) is 0 Å². The lowest BCUT2D eigenvalue weighted by molar-refractivity contribution is 0.183. The van der Waals surface area contributed by atoms with E-state index in [1.807, 2.05) is 6.07 Å². The van der Waals surface area contributed by atoms with Crippen LogP contribution in [0.2, 0.25) is 0 Å². The second kappa shape index (κ2) is 6.92. The van der Waals surface area contributed by atoms with Gasteiger partial charge in [-0.15, -0.1) is 11.8 Å². The van der Waals surface area contributed by atoms with Gasteiger partial charge in [-0.05, 0) is 50.4 Å². The van der Waals surface area contributed by atoms with Gasteiger partial charge in [0.2, 0.25) is 0 Å². The van der Waals surface area contributed by atoms with Crippen molar-refractivity contribution in [2.24, 2.45) is 0 Å². The van der Waals surface area contributed by atoms with E-state index in [0.717, 1.165) is 18.9 Å². The van der Waals surface area contributed by atoms with Gasteiger partial charge in [0.05, 0.1) is 0 Å². The monoisotopic (exact) mass is 251 g/mol. The minimum atomic E-state index is 0.803. The van der Waals surface area contributed by atoms with Crippen LogP contribution in [-0.4, -0.2) is 37.4 Å². The van der Waals surface area contributed by atoms with Crippen molar-refractivity contribution in [1.29, 1.82) is 0 Å². The first-order chi connectivity index (χ1) is 8.38. The van der Waals surface area contributed by atoms with E-state index in [0.29, 0.717) is 0 Å². The molecule has 0 spiro atoms. The predicted octanol–water partition coefficient (Wildman–Crippen LogP) is 3.27. The molecule has 1 heterocycles. The molecule has 0 amide bonds. The van der Waals surface area contributed by atoms with E-state index >= 15 is 0 Å². The summed E-state index contributed by atoms with van der Waals surface area (Å²) < 4.78 is 5.80. The first-order valence-corrected chi connectivity index (χ1v) is 7.60. The van der Waals surface area contributed by atoms with Crippen molar-refractivity contribution < 1.29 is 4.74 Å². The highest BCUT2D eigenvalue weighted by molar-refractivity contribution is 7.98. The summed E-state index contributed by atoms with van der Waals surface area (Å²) in [5.41, 5.74) is 0. The van der Waals surface area contributed by atoms with Gasteiger partial charge in [0.1, 0.15) is 12.4 Å². The summed E-state index contributed by atoms with van der Waals surface area (Å²) in [6.45, 7) is 4.35. The molecule has 2 nitrogen and oxygen atoms in total. The fourth-order valence-electron chi connectivity index (χ4n) is 2.17. The minimum absolute atomic E-state index is 0.803. The number of ether oxygens (including phenoxy) is 1. The van der Waals surface area contributed by atoms with Crippen LogP contribution in [0, 0.1) is 0 Å². The highest BCUT2D eigenvalue weighted by atomic mass is 32.2. The van der Waals surface area contributed by atoms with Crippen LogP contribution >= 0.6 is 11.8 Å². The Morgan fingerprint density at radius 3 is 2.82 bits per heavy atom. The molecule has 1 saturated heterocycles. The Labute approximate surface area is 108 Å². The zero-order valence-corrected chi connectivity index (χ0v) is 11.3. The summed E-state index contributed by atoms with van der Waals surface area (Å²) in [5.74, 6) is 0.994. The lowest BCUT2D eigenvalue weighted by Crippen LogP contribution is -2.33. The van der Waals surface area contributed by atoms with E-state index in [-0.39, 0.29) is 0 Å². The normalized spacial score (nSPS) is 17.0. The van der Waals surface area contributed by atoms with Gasteiger partial charge < -0.3 is 4.74 Å². The van der Waals surface area contributed by atoms with Crippen molar-refractivity contribution in [3.63, 3.8) is 0 Å². The molecule has 0 aromatic heterocycles. The topological polar surface area (TPSA) is 12.5 Å². The van der Waals surface area contributed by atoms with E-state index in [4.69, 9.17) is 4.74 Å². The molecule has 1 aromatic carbocycles. The highest BCUT2D eigenvalue weighted by Crippen LogP contribution is 2.20. The molecule has 1 aliphatic heterocycles. The fraction of sp³-hybridized carbons (Fsp3) is 0.571. The van der Waals surface area contributed by atoms with Gasteiger partial charge in [-0.3, -0.25) is 4.90 Å². The predicted molar refractivity (Wildman–Crippen MR) is 74.0 cm³/mol. The van der Waals surface area contributed by atoms with Crippen molar-refractivity contribution in [2.45, 2.75) is 24.2 Å². The van der Waals surface area contributed by atoms with Gasteiger partial charge in [-0.1, -0.05) is 12.5 Å². The van der Waals surface area contributed by atoms with Crippen LogP contribution in [0.1, 0.15) is 19.3 Å². The summed E-state index contributed by atoms with van der Waals surface area (Å²) >= 11 is 1.75. The number of nitrogens with zero attached hydrogens (tertiary/aromatic N) is 1. The molecule has 0 N–H and O–H groups in total. The molecule has 1 fully saturated rings. The SMILES string of the molecule is CSc1cccc(OCCN2CCCCC2)c1. The average molecular weight is 251 g/mol. The van der Waals surface area contributed by atoms with Gasteiger partial charge >= 0.3 is 0 Å². The first-order valence-electron chi connectivity index (χ1n) is 6.38. The Morgan fingerprint density at radius 2 is 2.06 bits per heavy atom. The molecule has 0 aliphatic carbocycles. The molecular weight excluding hydrogens is 230 g/mol. The van der Waals surface area contributed by atoms with Crippen LogP contribution in [0.4, 0.5) is 0 Å². The number of benzene rings is 1. The number of hydrogen-bond donors (Lipinski definition) is 0. The smallest absolute Gasteiger partial charge is 0.120 e. The largest absolute Gasteiger partial charge is 0.492 e. The molecule has 3 heteroatoms. The zero-order valence-electron chi connectivity index (χ0n) is 10.5. The highest BCUT2D eigenvalue weighted by Gasteiger charge is 2.09. The second-order valence-corrected chi connectivity index (χ2v) is 5.31. The Balaban J connectivity index is 1.73. The molecule has 1 aromatic rings. The molecule has 94 valence electrons. The molecule has 0 saturated carbocycles. The standard InChI is InChI=1S/C14H21NOS/c1-17-14-7-5-6-13(12-14)16-11-10-15-8-3-2-4-9-15/h5-7,12H,2-4,8-11H2,1H3. The molecule has 0 radical (unpaired) electrons. The first kappa shape index (κ1) is 12.8. The van der Waals surface area contributed by atoms with E-state index < -0.39 is 0 Å². The Hall–Kier alpha value is -0.670. The summed E-state index contributed by atoms with van der Waals surface area (Å²) in [6.07, 6.45) is 6.18. The van der Waals surface area contributed by atoms with Gasteiger partial charge in [-0.25, -0.2) is 0 Å². The van der Waals surface area contributed by atoms with Crippen LogP contribution in [-0.2, 0) is 0 Å². The van der Waals surface area contributed by atoms with E-state index in [1.54, 1.807) is 11.8 Å². The van der Waals surface area contributed by atoms with Gasteiger partial charge in [0.15, 0.2) is 0 Å². The lowest BCUT2D eigenvalue weighted by atomic mass is 10.1. The van der Waals surface area contributed by atoms with Gasteiger partial charge in [0, 0.05) is 11.4 Å². The van der Waals surface area contributed by atoms with Crippen LogP contribution < -0.4 is 4.74 Å². The van der Waals surface area contributed by atoms with E-state index in [9.17, 15) is 0 Å². The number of likely N-dealkylation sites (tertiary alicyclic amines) is 1. The maximum Gasteiger partial charge on any atom is 0.120 e. The Morgan fingerprint density at radius 1 is 1.24 bits per heavy atom. The molecule has 1 aliphatic rings. The van der Waals surface area contributed by atoms with Crippen molar-refractivity contribution >= 4 is 11.8 Å². The number of rotatable bonds is 5. The lowest BCUT2D eigenvalue weighted by Gasteiger charge is -2.26. The van der Waals surface area contributed by atoms with Crippen molar-refractivity contribution in [1.82, 2.24) is 4.90 Å². The van der Waals surface area contributed by atoms with Crippen LogP contribution in [0.25, 0.3) is 0 Å². The maximum absolute atomic E-state index is 5.80. The third-order valence-electron chi connectivity index (χ3n) is 3.17. The van der Waals surface area contributed by atoms with Crippen LogP contribution in [0.3, 0.4) is 0 Å². The zero-order chi connectivity index (χ0) is 11.9. The molecule has 0 atom stereocenters. The van der Waals surface area contributed by atoms with Crippen molar-refractivity contribution in [2.75, 3.05) is 32.5 Å². The van der Waals surface area contributed by atoms with Crippen molar-refractivity contribution in [3.8, 4) is 5.75 Å². The van der Waals surface area contributed by atoms with Crippen molar-refractivity contribution in [3.05, 3.63) is 24.3 Å². The van der Waals surface area contributed by atoms with Crippen LogP contribution in [0.5, 0.6) is 5.75 Å². The second-order valence-electron chi connectivity index (χ2n) is 4.43. The van der Waals surface area contributed by atoms with Crippen LogP contribution in [0.15, 0.2) is 29.2 Å². The van der Waals surface area contributed by atoms with E-state index in [1.165, 1.54) is 37.2 Å². The van der Waals surface area contributed by atoms with Gasteiger partial charge in [-0.2, -0.15) is 0 Å². The van der Waals surface area contributed by atoms with E-state index in [2.05, 4.69) is 29.4 Å². The Kier molecular flexibility index (Phi) is 5.20. The number of piperidine rings is 1. The average Bonchev–Trinajstić information content (AvgIpc) is 2.40. The quantitative estimate of drug-likeness (QED) is 0.745. The molecule has 0 unspecified atom stereocenters. The molecule has 2 rings (SSSR count). The number of thioether (sulfide) groups is 1. The third kappa shape index (κ3) is 4.25. The molecular formula is C14H21NOS. The summed E-state index contributed by atoms with van der Waals surface area (Å²) in [4.78, 5) is 3.77. The minimum Gasteiger partial charge on any atom is -0.492 e. The maximum atomic E-state index is 5.80. The summed E-state index contributed by atoms with van der Waals surface area (Å²) in [5, 5.41) is 0. The molecule has 0 bridgehead atoms. The Bertz CT molecular complexity index is 337. The summed E-state index contributed by atoms with van der Waals surface area (Å²) in [6, 6.07) is 8.32. The summed E-state index contributed by atoms with van der Waals surface area (Å²) in [7, 11) is 0. The molecule has 17 heavy (non-hydrogen) atoms. The number of hydrogen-bond acceptors (Lipinski definition) is 3. The third-order valence-corrected chi connectivity index (χ3v) is 3.89.